The van der Waals surface area contributed by atoms with E-state index in [2.05, 4.69) is 5.48 Å². The van der Waals surface area contributed by atoms with E-state index in [1.165, 1.54) is 0 Å². The van der Waals surface area contributed by atoms with E-state index in [9.17, 15) is 0 Å². The van der Waals surface area contributed by atoms with E-state index in [4.69, 9.17) is 16.8 Å². The highest BCUT2D eigenvalue weighted by Crippen LogP contribution is 2.14. The van der Waals surface area contributed by atoms with E-state index in [0.717, 1.165) is 5.56 Å². The number of hydroxylamine groups is 1. The molecule has 1 rings (SSSR count). The minimum atomic E-state index is -0.0488. The van der Waals surface area contributed by atoms with Crippen LogP contribution in [-0.4, -0.2) is 5.21 Å². The highest BCUT2D eigenvalue weighted by atomic mass is 35.5. The molecule has 0 aliphatic heterocycles. The SMILES string of the molecule is C[C@@H](NO)c1ccc(Cl)cc1. The normalized spacial score (nSPS) is 13.0. The van der Waals surface area contributed by atoms with Crippen LogP contribution in [0.4, 0.5) is 0 Å². The summed E-state index contributed by atoms with van der Waals surface area (Å²) in [5.41, 5.74) is 3.17. The van der Waals surface area contributed by atoms with Gasteiger partial charge in [0, 0.05) is 5.02 Å². The molecule has 0 aromatic heterocycles. The highest BCUT2D eigenvalue weighted by molar-refractivity contribution is 6.30. The van der Waals surface area contributed by atoms with Crippen LogP contribution in [0.2, 0.25) is 5.02 Å². The zero-order valence-corrected chi connectivity index (χ0v) is 6.97. The number of benzene rings is 1. The number of hydrogen-bond acceptors (Lipinski definition) is 2. The second kappa shape index (κ2) is 3.72. The van der Waals surface area contributed by atoms with Gasteiger partial charge in [0.05, 0.1) is 6.04 Å². The predicted octanol–water partition coefficient (Wildman–Crippen LogP) is 2.38. The number of rotatable bonds is 2. The molecule has 0 bridgehead atoms. The molecule has 1 aromatic carbocycles. The lowest BCUT2D eigenvalue weighted by atomic mass is 10.1. The summed E-state index contributed by atoms with van der Waals surface area (Å²) >= 11 is 5.68. The van der Waals surface area contributed by atoms with Gasteiger partial charge in [-0.05, 0) is 24.6 Å². The van der Waals surface area contributed by atoms with Gasteiger partial charge < -0.3 is 5.21 Å². The van der Waals surface area contributed by atoms with Gasteiger partial charge in [-0.1, -0.05) is 23.7 Å². The molecule has 0 aliphatic carbocycles. The summed E-state index contributed by atoms with van der Waals surface area (Å²) in [6.07, 6.45) is 0. The number of nitrogens with one attached hydrogen (secondary N) is 1. The molecule has 1 aromatic rings. The number of halogens is 1. The van der Waals surface area contributed by atoms with Crippen molar-refractivity contribution in [3.63, 3.8) is 0 Å². The molecule has 1 atom stereocenters. The quantitative estimate of drug-likeness (QED) is 0.670. The topological polar surface area (TPSA) is 32.3 Å². The Labute approximate surface area is 70.8 Å². The summed E-state index contributed by atoms with van der Waals surface area (Å²) in [4.78, 5) is 0. The molecule has 0 amide bonds. The van der Waals surface area contributed by atoms with Gasteiger partial charge in [-0.25, -0.2) is 0 Å². The Hall–Kier alpha value is -0.570. The smallest absolute Gasteiger partial charge is 0.0540 e. The molecule has 11 heavy (non-hydrogen) atoms. The minimum Gasteiger partial charge on any atom is -0.316 e. The fourth-order valence-corrected chi connectivity index (χ4v) is 0.952. The van der Waals surface area contributed by atoms with E-state index in [-0.39, 0.29) is 6.04 Å². The second-order valence-electron chi connectivity index (χ2n) is 2.40. The van der Waals surface area contributed by atoms with Crippen molar-refractivity contribution in [3.8, 4) is 0 Å². The first kappa shape index (κ1) is 8.53. The lowest BCUT2D eigenvalue weighted by Gasteiger charge is -2.08. The van der Waals surface area contributed by atoms with Crippen molar-refractivity contribution in [2.45, 2.75) is 13.0 Å². The van der Waals surface area contributed by atoms with E-state index in [0.29, 0.717) is 5.02 Å². The van der Waals surface area contributed by atoms with Crippen molar-refractivity contribution in [1.82, 2.24) is 5.48 Å². The molecule has 2 nitrogen and oxygen atoms in total. The van der Waals surface area contributed by atoms with E-state index >= 15 is 0 Å². The van der Waals surface area contributed by atoms with Gasteiger partial charge >= 0.3 is 0 Å². The fourth-order valence-electron chi connectivity index (χ4n) is 0.826. The van der Waals surface area contributed by atoms with Gasteiger partial charge in [-0.15, -0.1) is 0 Å². The Balaban J connectivity index is 2.81. The van der Waals surface area contributed by atoms with E-state index in [1.807, 2.05) is 19.1 Å². The predicted molar refractivity (Wildman–Crippen MR) is 44.8 cm³/mol. The van der Waals surface area contributed by atoms with Crippen molar-refractivity contribution in [2.24, 2.45) is 0 Å². The highest BCUT2D eigenvalue weighted by Gasteiger charge is 2.01. The van der Waals surface area contributed by atoms with Gasteiger partial charge in [0.1, 0.15) is 0 Å². The van der Waals surface area contributed by atoms with Crippen molar-refractivity contribution in [1.29, 1.82) is 0 Å². The molecule has 0 unspecified atom stereocenters. The van der Waals surface area contributed by atoms with Crippen LogP contribution in [0.25, 0.3) is 0 Å². The average Bonchev–Trinajstić information content (AvgIpc) is 2.05. The first-order valence-electron chi connectivity index (χ1n) is 3.39. The van der Waals surface area contributed by atoms with Crippen LogP contribution in [0.15, 0.2) is 24.3 Å². The monoisotopic (exact) mass is 171 g/mol. The summed E-state index contributed by atoms with van der Waals surface area (Å²) in [6.45, 7) is 1.86. The van der Waals surface area contributed by atoms with Crippen molar-refractivity contribution in [3.05, 3.63) is 34.9 Å². The lowest BCUT2D eigenvalue weighted by molar-refractivity contribution is 0.133. The number of hydrogen-bond donors (Lipinski definition) is 2. The summed E-state index contributed by atoms with van der Waals surface area (Å²) in [5.74, 6) is 0. The van der Waals surface area contributed by atoms with E-state index in [1.54, 1.807) is 12.1 Å². The van der Waals surface area contributed by atoms with Crippen LogP contribution in [0.3, 0.4) is 0 Å². The van der Waals surface area contributed by atoms with Gasteiger partial charge in [0.2, 0.25) is 0 Å². The molecule has 0 heterocycles. The molecule has 60 valence electrons. The van der Waals surface area contributed by atoms with Crippen molar-refractivity contribution in [2.75, 3.05) is 0 Å². The largest absolute Gasteiger partial charge is 0.316 e. The molecular weight excluding hydrogens is 162 g/mol. The maximum Gasteiger partial charge on any atom is 0.0540 e. The molecule has 0 aliphatic rings. The molecule has 2 N–H and O–H groups in total. The molecule has 0 saturated carbocycles. The van der Waals surface area contributed by atoms with Crippen LogP contribution >= 0.6 is 11.6 Å². The summed E-state index contributed by atoms with van der Waals surface area (Å²) in [6, 6.07) is 7.29. The molecule has 0 spiro atoms. The third-order valence-corrected chi connectivity index (χ3v) is 1.82. The maximum absolute atomic E-state index is 8.57. The van der Waals surface area contributed by atoms with Crippen molar-refractivity contribution < 1.29 is 5.21 Å². The first-order chi connectivity index (χ1) is 5.24. The fraction of sp³-hybridized carbons (Fsp3) is 0.250. The Morgan fingerprint density at radius 1 is 1.36 bits per heavy atom. The Morgan fingerprint density at radius 2 is 1.91 bits per heavy atom. The third kappa shape index (κ3) is 2.19. The van der Waals surface area contributed by atoms with E-state index < -0.39 is 0 Å². The molecule has 3 heteroatoms. The van der Waals surface area contributed by atoms with Gasteiger partial charge in [0.25, 0.3) is 0 Å². The first-order valence-corrected chi connectivity index (χ1v) is 3.77. The van der Waals surface area contributed by atoms with Crippen LogP contribution in [-0.2, 0) is 0 Å². The standard InChI is InChI=1S/C8H10ClNO/c1-6(10-11)7-2-4-8(9)5-3-7/h2-6,10-11H,1H3/t6-/m1/s1. The van der Waals surface area contributed by atoms with Gasteiger partial charge in [-0.3, -0.25) is 0 Å². The second-order valence-corrected chi connectivity index (χ2v) is 2.84. The van der Waals surface area contributed by atoms with Crippen LogP contribution < -0.4 is 5.48 Å². The maximum atomic E-state index is 8.57. The summed E-state index contributed by atoms with van der Waals surface area (Å²) in [7, 11) is 0. The zero-order valence-electron chi connectivity index (χ0n) is 6.21. The average molecular weight is 172 g/mol. The zero-order chi connectivity index (χ0) is 8.27. The van der Waals surface area contributed by atoms with Crippen LogP contribution in [0, 0.1) is 0 Å². The summed E-state index contributed by atoms with van der Waals surface area (Å²) < 4.78 is 0. The minimum absolute atomic E-state index is 0.0488. The Kier molecular flexibility index (Phi) is 2.88. The molecule has 0 fully saturated rings. The Morgan fingerprint density at radius 3 is 2.36 bits per heavy atom. The lowest BCUT2D eigenvalue weighted by Crippen LogP contribution is -2.12. The third-order valence-electron chi connectivity index (χ3n) is 1.56. The molecular formula is C8H10ClNO. The summed E-state index contributed by atoms with van der Waals surface area (Å²) in [5, 5.41) is 9.28. The van der Waals surface area contributed by atoms with Crippen LogP contribution in [0.5, 0.6) is 0 Å². The van der Waals surface area contributed by atoms with Gasteiger partial charge in [0.15, 0.2) is 0 Å². The van der Waals surface area contributed by atoms with Crippen LogP contribution in [0.1, 0.15) is 18.5 Å². The van der Waals surface area contributed by atoms with Crippen molar-refractivity contribution >= 4 is 11.6 Å². The Bertz CT molecular complexity index is 222. The molecule has 0 saturated heterocycles. The van der Waals surface area contributed by atoms with Gasteiger partial charge in [-0.2, -0.15) is 5.48 Å². The molecule has 0 radical (unpaired) electrons.